The van der Waals surface area contributed by atoms with Crippen LogP contribution in [0.3, 0.4) is 0 Å². The molecule has 0 bridgehead atoms. The van der Waals surface area contributed by atoms with Crippen molar-refractivity contribution in [2.45, 2.75) is 31.3 Å². The van der Waals surface area contributed by atoms with Gasteiger partial charge in [0.05, 0.1) is 34.1 Å². The molecule has 0 saturated heterocycles. The van der Waals surface area contributed by atoms with Crippen molar-refractivity contribution in [3.05, 3.63) is 59.0 Å². The summed E-state index contributed by atoms with van der Waals surface area (Å²) in [6.07, 6.45) is 4.72. The Bertz CT molecular complexity index is 1730. The second-order valence-corrected chi connectivity index (χ2v) is 10.9. The Morgan fingerprint density at radius 3 is 2.64 bits per heavy atom. The first-order valence-electron chi connectivity index (χ1n) is 11.1. The minimum absolute atomic E-state index is 0.0187. The van der Waals surface area contributed by atoms with E-state index in [2.05, 4.69) is 26.3 Å². The number of nitrogens with zero attached hydrogens (tertiary/aromatic N) is 5. The van der Waals surface area contributed by atoms with Gasteiger partial charge in [0.1, 0.15) is 17.3 Å². The monoisotopic (exact) mass is 503 g/mol. The molecule has 4 aromatic rings. The number of aliphatic imine (C=N–C) groups is 1. The highest BCUT2D eigenvalue weighted by Gasteiger charge is 2.23. The van der Waals surface area contributed by atoms with Gasteiger partial charge in [-0.15, -0.1) is 0 Å². The number of benzene rings is 2. The van der Waals surface area contributed by atoms with Crippen molar-refractivity contribution in [2.75, 3.05) is 17.3 Å². The maximum Gasteiger partial charge on any atom is 0.231 e. The molecular weight excluding hydrogens is 481 g/mol. The fourth-order valence-corrected chi connectivity index (χ4v) is 4.96. The molecule has 0 spiro atoms. The van der Waals surface area contributed by atoms with Gasteiger partial charge < -0.3 is 15.6 Å². The van der Waals surface area contributed by atoms with E-state index in [1.165, 1.54) is 12.1 Å². The first-order valence-corrected chi connectivity index (χ1v) is 13.0. The summed E-state index contributed by atoms with van der Waals surface area (Å²) >= 11 is 0. The van der Waals surface area contributed by atoms with Gasteiger partial charge in [-0.05, 0) is 43.7 Å². The number of aromatic nitrogens is 3. The summed E-state index contributed by atoms with van der Waals surface area (Å²) in [5, 5.41) is 12.9. The fraction of sp³-hybridized carbons (Fsp3) is 0.200. The molecular formula is C25H22FN7O2S. The average Bonchev–Trinajstić information content (AvgIpc) is 3.45. The van der Waals surface area contributed by atoms with Crippen LogP contribution in [0.15, 0.2) is 46.4 Å². The number of hydrogen-bond donors (Lipinski definition) is 2. The largest absolute Gasteiger partial charge is 0.383 e. The van der Waals surface area contributed by atoms with Crippen LogP contribution in [0.5, 0.6) is 0 Å². The van der Waals surface area contributed by atoms with E-state index in [1.54, 1.807) is 12.3 Å². The summed E-state index contributed by atoms with van der Waals surface area (Å²) in [6, 6.07) is 9.47. The van der Waals surface area contributed by atoms with E-state index in [0.717, 1.165) is 34.6 Å². The Morgan fingerprint density at radius 1 is 1.19 bits per heavy atom. The zero-order valence-corrected chi connectivity index (χ0v) is 20.6. The lowest BCUT2D eigenvalue weighted by Gasteiger charge is -2.11. The molecule has 3 heterocycles. The predicted molar refractivity (Wildman–Crippen MR) is 137 cm³/mol. The maximum absolute atomic E-state index is 14.6. The number of nitriles is 1. The van der Waals surface area contributed by atoms with Gasteiger partial charge in [0, 0.05) is 41.4 Å². The highest BCUT2D eigenvalue weighted by Crippen LogP contribution is 2.39. The van der Waals surface area contributed by atoms with E-state index >= 15 is 0 Å². The third-order valence-electron chi connectivity index (χ3n) is 6.11. The van der Waals surface area contributed by atoms with Crippen molar-refractivity contribution in [3.8, 4) is 17.2 Å². The molecule has 0 saturated carbocycles. The van der Waals surface area contributed by atoms with Crippen LogP contribution in [0.2, 0.25) is 0 Å². The van der Waals surface area contributed by atoms with Crippen molar-refractivity contribution in [2.24, 2.45) is 4.99 Å². The molecule has 0 radical (unpaired) electrons. The number of halogens is 1. The highest BCUT2D eigenvalue weighted by atomic mass is 32.2. The fourth-order valence-electron chi connectivity index (χ4n) is 4.33. The second-order valence-electron chi connectivity index (χ2n) is 8.85. The van der Waals surface area contributed by atoms with Crippen molar-refractivity contribution in [3.63, 3.8) is 0 Å². The number of nitrogens with two attached hydrogens (primary N) is 1. The number of hydrogen-bond acceptors (Lipinski definition) is 8. The maximum atomic E-state index is 14.6. The highest BCUT2D eigenvalue weighted by molar-refractivity contribution is 7.90. The number of rotatable bonds is 5. The van der Waals surface area contributed by atoms with Crippen molar-refractivity contribution >= 4 is 44.5 Å². The molecule has 2 aromatic carbocycles. The van der Waals surface area contributed by atoms with Crippen LogP contribution in [-0.4, -0.2) is 35.4 Å². The lowest BCUT2D eigenvalue weighted by atomic mass is 9.94. The zero-order chi connectivity index (χ0) is 25.8. The van der Waals surface area contributed by atoms with Gasteiger partial charge >= 0.3 is 0 Å². The number of nitrogen functional groups attached to an aromatic ring is 1. The van der Waals surface area contributed by atoms with Crippen molar-refractivity contribution < 1.29 is 12.8 Å². The van der Waals surface area contributed by atoms with Crippen LogP contribution in [-0.2, 0) is 16.4 Å². The lowest BCUT2D eigenvalue weighted by Crippen LogP contribution is -2.06. The number of fused-ring (bicyclic) bond motifs is 2. The van der Waals surface area contributed by atoms with Crippen LogP contribution < -0.4 is 11.1 Å². The van der Waals surface area contributed by atoms with E-state index in [9.17, 15) is 18.1 Å². The molecule has 0 amide bonds. The average molecular weight is 504 g/mol. The smallest absolute Gasteiger partial charge is 0.231 e. The Kier molecular flexibility index (Phi) is 5.49. The second kappa shape index (κ2) is 8.42. The lowest BCUT2D eigenvalue weighted by molar-refractivity contribution is 0.596. The van der Waals surface area contributed by atoms with Crippen LogP contribution in [0.1, 0.15) is 36.6 Å². The molecule has 0 unspecified atom stereocenters. The third-order valence-corrected chi connectivity index (χ3v) is 7.22. The Balaban J connectivity index is 1.65. The molecule has 5 rings (SSSR count). The Morgan fingerprint density at radius 2 is 1.97 bits per heavy atom. The van der Waals surface area contributed by atoms with Crippen LogP contribution >= 0.6 is 0 Å². The van der Waals surface area contributed by atoms with Crippen LogP contribution in [0.25, 0.3) is 22.2 Å². The van der Waals surface area contributed by atoms with E-state index in [4.69, 9.17) is 5.73 Å². The van der Waals surface area contributed by atoms with Crippen molar-refractivity contribution in [1.82, 2.24) is 14.5 Å². The quantitative estimate of drug-likeness (QED) is 0.413. The molecule has 182 valence electrons. The molecule has 1 aliphatic rings. The molecule has 0 atom stereocenters. The molecule has 11 heteroatoms. The van der Waals surface area contributed by atoms with Crippen LogP contribution in [0.4, 0.5) is 21.8 Å². The van der Waals surface area contributed by atoms with Gasteiger partial charge in [-0.3, -0.25) is 4.99 Å². The molecule has 3 N–H and O–H groups in total. The summed E-state index contributed by atoms with van der Waals surface area (Å²) in [5.41, 5.74) is 11.0. The van der Waals surface area contributed by atoms with Gasteiger partial charge in [0.2, 0.25) is 5.95 Å². The molecule has 2 aromatic heterocycles. The molecule has 1 aliphatic heterocycles. The zero-order valence-electron chi connectivity index (χ0n) is 19.7. The Hall–Kier alpha value is -4.30. The summed E-state index contributed by atoms with van der Waals surface area (Å²) in [7, 11) is -3.55. The van der Waals surface area contributed by atoms with Gasteiger partial charge in [0.25, 0.3) is 0 Å². The Labute approximate surface area is 207 Å². The number of sulfone groups is 1. The van der Waals surface area contributed by atoms with E-state index in [-0.39, 0.29) is 28.4 Å². The molecule has 36 heavy (non-hydrogen) atoms. The topological polar surface area (TPSA) is 139 Å². The standard InChI is InChI=1S/C25H22FN7O2S/c1-13(2)33-12-19(16-6-4-14(9-27)17-10-29-11-18(16)17)22-23(28)31-25(32-24(22)33)30-21-7-5-15(8-20(21)26)36(3,34)35/h4-8,11-13H,10H2,1-3H3,(H3,28,30,31,32). The summed E-state index contributed by atoms with van der Waals surface area (Å²) in [4.78, 5) is 13.2. The molecule has 9 nitrogen and oxygen atoms in total. The van der Waals surface area contributed by atoms with Crippen molar-refractivity contribution in [1.29, 1.82) is 5.26 Å². The third kappa shape index (κ3) is 3.85. The summed E-state index contributed by atoms with van der Waals surface area (Å²) < 4.78 is 40.0. The number of nitrogens with one attached hydrogen (secondary N) is 1. The SMILES string of the molecule is CC(C)n1cc(-c2ccc(C#N)c3c2C=NC3)c2c(N)nc(Nc3ccc(S(C)(=O)=O)cc3F)nc21. The normalized spacial score (nSPS) is 12.8. The predicted octanol–water partition coefficient (Wildman–Crippen LogP) is 4.35. The summed E-state index contributed by atoms with van der Waals surface area (Å²) in [5.74, 6) is -0.491. The first kappa shape index (κ1) is 23.4. The van der Waals surface area contributed by atoms with E-state index in [1.807, 2.05) is 30.7 Å². The van der Waals surface area contributed by atoms with Crippen LogP contribution in [0, 0.1) is 17.1 Å². The van der Waals surface area contributed by atoms with Gasteiger partial charge in [-0.2, -0.15) is 15.2 Å². The number of anilines is 3. The van der Waals surface area contributed by atoms with Gasteiger partial charge in [-0.25, -0.2) is 12.8 Å². The summed E-state index contributed by atoms with van der Waals surface area (Å²) in [6.45, 7) is 4.45. The molecule has 0 fully saturated rings. The van der Waals surface area contributed by atoms with Gasteiger partial charge in [-0.1, -0.05) is 6.07 Å². The minimum atomic E-state index is -3.55. The first-order chi connectivity index (χ1) is 17.1. The molecule has 0 aliphatic carbocycles. The van der Waals surface area contributed by atoms with E-state index in [0.29, 0.717) is 23.1 Å². The minimum Gasteiger partial charge on any atom is -0.383 e. The van der Waals surface area contributed by atoms with Gasteiger partial charge in [0.15, 0.2) is 9.84 Å². The van der Waals surface area contributed by atoms with E-state index < -0.39 is 15.7 Å².